The van der Waals surface area contributed by atoms with Gasteiger partial charge in [0.05, 0.1) is 31.8 Å². The van der Waals surface area contributed by atoms with Gasteiger partial charge in [-0.3, -0.25) is 14.9 Å². The SMILES string of the molecule is COc1cc(/C=C2\Oc3c(ccc(OCc4ccc([N+](=O)[O-])cc4)c3C)C2=O)cc(OC)c1OC. The quantitative estimate of drug-likeness (QED) is 0.250. The molecule has 35 heavy (non-hydrogen) atoms. The Balaban J connectivity index is 1.57. The predicted octanol–water partition coefficient (Wildman–Crippen LogP) is 5.12. The zero-order chi connectivity index (χ0) is 25.1. The summed E-state index contributed by atoms with van der Waals surface area (Å²) in [5, 5.41) is 10.8. The van der Waals surface area contributed by atoms with E-state index in [1.54, 1.807) is 49.4 Å². The number of hydrogen-bond donors (Lipinski definition) is 0. The molecule has 0 aliphatic carbocycles. The van der Waals surface area contributed by atoms with Crippen molar-refractivity contribution >= 4 is 17.5 Å². The molecular weight excluding hydrogens is 454 g/mol. The Morgan fingerprint density at radius 1 is 0.943 bits per heavy atom. The molecular formula is C26H23NO8. The van der Waals surface area contributed by atoms with Gasteiger partial charge < -0.3 is 23.7 Å². The summed E-state index contributed by atoms with van der Waals surface area (Å²) in [6.45, 7) is 2.01. The number of fused-ring (bicyclic) bond motifs is 1. The van der Waals surface area contributed by atoms with E-state index in [4.69, 9.17) is 23.7 Å². The van der Waals surface area contributed by atoms with E-state index in [9.17, 15) is 14.9 Å². The monoisotopic (exact) mass is 477 g/mol. The maximum Gasteiger partial charge on any atom is 0.269 e. The fourth-order valence-corrected chi connectivity index (χ4v) is 3.74. The molecule has 0 saturated carbocycles. The van der Waals surface area contributed by atoms with Gasteiger partial charge in [0, 0.05) is 17.7 Å². The number of nitrogens with zero attached hydrogens (tertiary/aromatic N) is 1. The summed E-state index contributed by atoms with van der Waals surface area (Å²) in [5.41, 5.74) is 2.54. The number of nitro benzene ring substituents is 1. The van der Waals surface area contributed by atoms with Gasteiger partial charge in [-0.25, -0.2) is 0 Å². The second kappa shape index (κ2) is 9.76. The van der Waals surface area contributed by atoms with Crippen LogP contribution in [0.1, 0.15) is 27.0 Å². The van der Waals surface area contributed by atoms with Gasteiger partial charge in [-0.1, -0.05) is 0 Å². The molecule has 9 nitrogen and oxygen atoms in total. The standard InChI is InChI=1S/C26H23NO8/c1-15-20(34-14-16-5-7-18(8-6-16)27(29)30)10-9-19-24(28)21(35-25(15)19)11-17-12-22(31-2)26(33-4)23(13-17)32-3/h5-13H,14H2,1-4H3/b21-11-. The maximum atomic E-state index is 13.0. The van der Waals surface area contributed by atoms with Gasteiger partial charge >= 0.3 is 0 Å². The molecule has 0 unspecified atom stereocenters. The normalized spacial score (nSPS) is 13.3. The molecule has 0 saturated heterocycles. The third-order valence-electron chi connectivity index (χ3n) is 5.56. The highest BCUT2D eigenvalue weighted by molar-refractivity contribution is 6.15. The molecule has 0 spiro atoms. The van der Waals surface area contributed by atoms with E-state index in [0.29, 0.717) is 45.4 Å². The molecule has 0 atom stereocenters. The summed E-state index contributed by atoms with van der Waals surface area (Å²) in [4.78, 5) is 23.4. The number of carbonyl (C=O) groups is 1. The van der Waals surface area contributed by atoms with Crippen molar-refractivity contribution in [2.45, 2.75) is 13.5 Å². The summed E-state index contributed by atoms with van der Waals surface area (Å²) in [6, 6.07) is 12.9. The van der Waals surface area contributed by atoms with Crippen molar-refractivity contribution in [2.24, 2.45) is 0 Å². The fraction of sp³-hybridized carbons (Fsp3) is 0.192. The number of methoxy groups -OCH3 is 3. The summed E-state index contributed by atoms with van der Waals surface area (Å²) in [5.74, 6) is 2.24. The number of ether oxygens (including phenoxy) is 5. The second-order valence-corrected chi connectivity index (χ2v) is 7.68. The van der Waals surface area contributed by atoms with E-state index < -0.39 is 4.92 Å². The lowest BCUT2D eigenvalue weighted by atomic mass is 10.1. The maximum absolute atomic E-state index is 13.0. The molecule has 0 bridgehead atoms. The van der Waals surface area contributed by atoms with Crippen LogP contribution in [-0.2, 0) is 6.61 Å². The minimum atomic E-state index is -0.452. The highest BCUT2D eigenvalue weighted by Crippen LogP contribution is 2.42. The third-order valence-corrected chi connectivity index (χ3v) is 5.56. The van der Waals surface area contributed by atoms with Crippen LogP contribution in [0.25, 0.3) is 6.08 Å². The molecule has 180 valence electrons. The highest BCUT2D eigenvalue weighted by Gasteiger charge is 2.30. The van der Waals surface area contributed by atoms with Gasteiger partial charge in [0.15, 0.2) is 17.3 Å². The van der Waals surface area contributed by atoms with Gasteiger partial charge in [-0.15, -0.1) is 0 Å². The average Bonchev–Trinajstić information content (AvgIpc) is 3.18. The summed E-state index contributed by atoms with van der Waals surface area (Å²) in [6.07, 6.45) is 1.61. The lowest BCUT2D eigenvalue weighted by Gasteiger charge is -2.13. The first kappa shape index (κ1) is 23.6. The van der Waals surface area contributed by atoms with Crippen molar-refractivity contribution in [3.8, 4) is 28.7 Å². The molecule has 0 aromatic heterocycles. The van der Waals surface area contributed by atoms with Gasteiger partial charge in [-0.05, 0) is 60.5 Å². The number of hydrogen-bond acceptors (Lipinski definition) is 8. The number of nitro groups is 1. The molecule has 0 amide bonds. The van der Waals surface area contributed by atoms with Crippen molar-refractivity contribution in [1.82, 2.24) is 0 Å². The minimum absolute atomic E-state index is 0.0146. The molecule has 9 heteroatoms. The van der Waals surface area contributed by atoms with E-state index in [1.807, 2.05) is 0 Å². The van der Waals surface area contributed by atoms with Crippen LogP contribution in [-0.4, -0.2) is 32.0 Å². The number of Topliss-reactive ketones (excluding diaryl/α,β-unsaturated/α-hetero) is 1. The first-order chi connectivity index (χ1) is 16.9. The molecule has 3 aromatic carbocycles. The van der Waals surface area contributed by atoms with Crippen LogP contribution in [0, 0.1) is 17.0 Å². The van der Waals surface area contributed by atoms with Crippen molar-refractivity contribution < 1.29 is 33.4 Å². The number of ketones is 1. The van der Waals surface area contributed by atoms with Crippen molar-refractivity contribution in [3.05, 3.63) is 86.7 Å². The van der Waals surface area contributed by atoms with Crippen molar-refractivity contribution in [1.29, 1.82) is 0 Å². The first-order valence-corrected chi connectivity index (χ1v) is 10.6. The Morgan fingerprint density at radius 2 is 1.60 bits per heavy atom. The van der Waals surface area contributed by atoms with Gasteiger partial charge in [0.2, 0.25) is 11.5 Å². The number of rotatable bonds is 8. The number of allylic oxidation sites excluding steroid dienone is 1. The molecule has 0 N–H and O–H groups in total. The molecule has 0 fully saturated rings. The van der Waals surface area contributed by atoms with Crippen LogP contribution >= 0.6 is 0 Å². The van der Waals surface area contributed by atoms with Crippen molar-refractivity contribution in [2.75, 3.05) is 21.3 Å². The molecule has 4 rings (SSSR count). The summed E-state index contributed by atoms with van der Waals surface area (Å²) >= 11 is 0. The first-order valence-electron chi connectivity index (χ1n) is 10.6. The van der Waals surface area contributed by atoms with Crippen molar-refractivity contribution in [3.63, 3.8) is 0 Å². The number of carbonyl (C=O) groups excluding carboxylic acids is 1. The fourth-order valence-electron chi connectivity index (χ4n) is 3.74. The van der Waals surface area contributed by atoms with Gasteiger partial charge in [-0.2, -0.15) is 0 Å². The molecule has 1 aliphatic heterocycles. The minimum Gasteiger partial charge on any atom is -0.493 e. The summed E-state index contributed by atoms with van der Waals surface area (Å²) in [7, 11) is 4.55. The van der Waals surface area contributed by atoms with Crippen LogP contribution in [0.4, 0.5) is 5.69 Å². The van der Waals surface area contributed by atoms with E-state index in [-0.39, 0.29) is 23.8 Å². The Kier molecular flexibility index (Phi) is 6.59. The smallest absolute Gasteiger partial charge is 0.269 e. The van der Waals surface area contributed by atoms with Crippen LogP contribution < -0.4 is 23.7 Å². The summed E-state index contributed by atoms with van der Waals surface area (Å²) < 4.78 is 27.9. The Labute approximate surface area is 201 Å². The molecule has 1 heterocycles. The zero-order valence-corrected chi connectivity index (χ0v) is 19.6. The third kappa shape index (κ3) is 4.61. The highest BCUT2D eigenvalue weighted by atomic mass is 16.6. The lowest BCUT2D eigenvalue weighted by molar-refractivity contribution is -0.384. The Hall–Kier alpha value is -4.53. The number of benzene rings is 3. The topological polar surface area (TPSA) is 106 Å². The Bertz CT molecular complexity index is 1300. The molecule has 0 radical (unpaired) electrons. The predicted molar refractivity (Wildman–Crippen MR) is 128 cm³/mol. The molecule has 3 aromatic rings. The van der Waals surface area contributed by atoms with Gasteiger partial charge in [0.25, 0.3) is 5.69 Å². The average molecular weight is 477 g/mol. The van der Waals surface area contributed by atoms with Crippen LogP contribution in [0.15, 0.2) is 54.3 Å². The van der Waals surface area contributed by atoms with Crippen LogP contribution in [0.3, 0.4) is 0 Å². The number of non-ortho nitro benzene ring substituents is 1. The van der Waals surface area contributed by atoms with Crippen LogP contribution in [0.2, 0.25) is 0 Å². The van der Waals surface area contributed by atoms with Gasteiger partial charge in [0.1, 0.15) is 18.1 Å². The van der Waals surface area contributed by atoms with Crippen LogP contribution in [0.5, 0.6) is 28.7 Å². The largest absolute Gasteiger partial charge is 0.493 e. The van der Waals surface area contributed by atoms with E-state index in [0.717, 1.165) is 5.56 Å². The lowest BCUT2D eigenvalue weighted by Crippen LogP contribution is -1.99. The van der Waals surface area contributed by atoms with E-state index in [1.165, 1.54) is 33.5 Å². The van der Waals surface area contributed by atoms with E-state index in [2.05, 4.69) is 0 Å². The molecule has 1 aliphatic rings. The Morgan fingerprint density at radius 3 is 2.17 bits per heavy atom. The van der Waals surface area contributed by atoms with E-state index >= 15 is 0 Å². The zero-order valence-electron chi connectivity index (χ0n) is 19.6. The second-order valence-electron chi connectivity index (χ2n) is 7.68.